The molecule has 0 saturated heterocycles. The Balaban J connectivity index is 2.13. The van der Waals surface area contributed by atoms with Gasteiger partial charge in [-0.15, -0.1) is 0 Å². The third-order valence-electron chi connectivity index (χ3n) is 3.12. The maximum atomic E-state index is 12.2. The summed E-state index contributed by atoms with van der Waals surface area (Å²) >= 11 is 0. The summed E-state index contributed by atoms with van der Waals surface area (Å²) in [5.41, 5.74) is 4.09. The van der Waals surface area contributed by atoms with E-state index in [1.54, 1.807) is 24.3 Å². The van der Waals surface area contributed by atoms with E-state index >= 15 is 0 Å². The zero-order chi connectivity index (χ0) is 16.3. The molecule has 4 nitrogen and oxygen atoms in total. The minimum atomic E-state index is -3.07. The van der Waals surface area contributed by atoms with Crippen LogP contribution in [0.25, 0.3) is 0 Å². The van der Waals surface area contributed by atoms with E-state index in [1.807, 2.05) is 32.0 Å². The van der Waals surface area contributed by atoms with Crippen LogP contribution in [0.15, 0.2) is 42.5 Å². The van der Waals surface area contributed by atoms with E-state index in [0.29, 0.717) is 11.1 Å². The second-order valence-corrected chi connectivity index (χ2v) is 7.74. The maximum Gasteiger partial charge on any atom is 0.255 e. The van der Waals surface area contributed by atoms with E-state index < -0.39 is 9.84 Å². The first kappa shape index (κ1) is 16.2. The summed E-state index contributed by atoms with van der Waals surface area (Å²) in [5.74, 6) is -0.234. The van der Waals surface area contributed by atoms with Gasteiger partial charge in [0.2, 0.25) is 0 Å². The van der Waals surface area contributed by atoms with Crippen LogP contribution in [-0.4, -0.2) is 20.6 Å². The van der Waals surface area contributed by atoms with E-state index in [2.05, 4.69) is 5.32 Å². The van der Waals surface area contributed by atoms with E-state index in [9.17, 15) is 13.2 Å². The van der Waals surface area contributed by atoms with E-state index in [1.165, 1.54) is 6.26 Å². The molecule has 5 heteroatoms. The van der Waals surface area contributed by atoms with Crippen molar-refractivity contribution >= 4 is 21.4 Å². The molecule has 0 heterocycles. The predicted octanol–water partition coefficient (Wildman–Crippen LogP) is 3.10. The summed E-state index contributed by atoms with van der Waals surface area (Å²) in [6.07, 6.45) is 1.19. The van der Waals surface area contributed by atoms with Crippen LogP contribution in [0.5, 0.6) is 0 Å². The smallest absolute Gasteiger partial charge is 0.255 e. The van der Waals surface area contributed by atoms with Gasteiger partial charge in [-0.3, -0.25) is 4.79 Å². The number of rotatable bonds is 4. The number of hydrogen-bond donors (Lipinski definition) is 1. The van der Waals surface area contributed by atoms with Gasteiger partial charge >= 0.3 is 0 Å². The number of sulfone groups is 1. The fourth-order valence-corrected chi connectivity index (χ4v) is 3.10. The first-order valence-corrected chi connectivity index (χ1v) is 8.95. The topological polar surface area (TPSA) is 63.2 Å². The first-order valence-electron chi connectivity index (χ1n) is 6.89. The highest BCUT2D eigenvalue weighted by Crippen LogP contribution is 2.15. The zero-order valence-electron chi connectivity index (χ0n) is 12.9. The van der Waals surface area contributed by atoms with Crippen molar-refractivity contribution in [2.45, 2.75) is 19.6 Å². The monoisotopic (exact) mass is 317 g/mol. The van der Waals surface area contributed by atoms with Crippen molar-refractivity contribution in [2.24, 2.45) is 0 Å². The Labute approximate surface area is 131 Å². The highest BCUT2D eigenvalue weighted by atomic mass is 32.2. The van der Waals surface area contributed by atoms with E-state index in [0.717, 1.165) is 16.8 Å². The molecule has 0 aliphatic carbocycles. The lowest BCUT2D eigenvalue weighted by Gasteiger charge is -2.08. The molecule has 2 aromatic carbocycles. The van der Waals surface area contributed by atoms with Crippen LogP contribution in [0.4, 0.5) is 5.69 Å². The van der Waals surface area contributed by atoms with Gasteiger partial charge in [-0.1, -0.05) is 18.2 Å². The maximum absolute atomic E-state index is 12.2. The number of nitrogens with one attached hydrogen (secondary N) is 1. The number of carbonyl (C=O) groups excluding carboxylic acids is 1. The number of anilines is 1. The Morgan fingerprint density at radius 3 is 2.05 bits per heavy atom. The summed E-state index contributed by atoms with van der Waals surface area (Å²) < 4.78 is 22.5. The molecule has 116 valence electrons. The molecule has 0 atom stereocenters. The van der Waals surface area contributed by atoms with Crippen LogP contribution >= 0.6 is 0 Å². The second-order valence-electron chi connectivity index (χ2n) is 5.60. The molecule has 0 aromatic heterocycles. The van der Waals surface area contributed by atoms with Crippen LogP contribution < -0.4 is 5.32 Å². The molecule has 0 bridgehead atoms. The normalized spacial score (nSPS) is 11.2. The van der Waals surface area contributed by atoms with Gasteiger partial charge in [0, 0.05) is 17.5 Å². The Bertz CT molecular complexity index is 773. The third kappa shape index (κ3) is 4.70. The van der Waals surface area contributed by atoms with Crippen LogP contribution in [0, 0.1) is 13.8 Å². The number of carbonyl (C=O) groups is 1. The van der Waals surface area contributed by atoms with Gasteiger partial charge in [0.15, 0.2) is 9.84 Å². The largest absolute Gasteiger partial charge is 0.322 e. The zero-order valence-corrected chi connectivity index (χ0v) is 13.7. The van der Waals surface area contributed by atoms with E-state index in [-0.39, 0.29) is 11.7 Å². The van der Waals surface area contributed by atoms with Crippen molar-refractivity contribution in [1.29, 1.82) is 0 Å². The summed E-state index contributed by atoms with van der Waals surface area (Å²) in [6, 6.07) is 12.5. The fraction of sp³-hybridized carbons (Fsp3) is 0.235. The Morgan fingerprint density at radius 1 is 1.00 bits per heavy atom. The van der Waals surface area contributed by atoms with Crippen LogP contribution in [0.3, 0.4) is 0 Å². The lowest BCUT2D eigenvalue weighted by molar-refractivity contribution is 0.102. The number of aryl methyl sites for hydroxylation is 2. The van der Waals surface area contributed by atoms with Crippen molar-refractivity contribution in [1.82, 2.24) is 0 Å². The molecule has 0 radical (unpaired) electrons. The molecule has 2 aromatic rings. The van der Waals surface area contributed by atoms with Gasteiger partial charge in [-0.05, 0) is 54.8 Å². The summed E-state index contributed by atoms with van der Waals surface area (Å²) in [5, 5.41) is 2.85. The standard InChI is InChI=1S/C17H19NO3S/c1-12-8-13(2)10-16(9-12)18-17(19)15-6-4-14(5-7-15)11-22(3,20)21/h4-10H,11H2,1-3H3,(H,18,19). The molecule has 0 saturated carbocycles. The third-order valence-corrected chi connectivity index (χ3v) is 3.98. The van der Waals surface area contributed by atoms with Crippen LogP contribution in [-0.2, 0) is 15.6 Å². The molecule has 2 rings (SSSR count). The van der Waals surface area contributed by atoms with Crippen LogP contribution in [0.2, 0.25) is 0 Å². The quantitative estimate of drug-likeness (QED) is 0.942. The SMILES string of the molecule is Cc1cc(C)cc(NC(=O)c2ccc(CS(C)(=O)=O)cc2)c1. The molecule has 1 N–H and O–H groups in total. The summed E-state index contributed by atoms with van der Waals surface area (Å²) in [6.45, 7) is 3.95. The minimum absolute atomic E-state index is 0.0219. The number of hydrogen-bond acceptors (Lipinski definition) is 3. The van der Waals surface area contributed by atoms with Crippen molar-refractivity contribution in [3.63, 3.8) is 0 Å². The van der Waals surface area contributed by atoms with Gasteiger partial charge in [0.25, 0.3) is 5.91 Å². The summed E-state index contributed by atoms with van der Waals surface area (Å²) in [4.78, 5) is 12.2. The molecule has 0 aliphatic rings. The van der Waals surface area contributed by atoms with E-state index in [4.69, 9.17) is 0 Å². The average Bonchev–Trinajstić information content (AvgIpc) is 2.36. The van der Waals surface area contributed by atoms with Gasteiger partial charge in [0.1, 0.15) is 0 Å². The Morgan fingerprint density at radius 2 is 1.55 bits per heavy atom. The van der Waals surface area contributed by atoms with Crippen molar-refractivity contribution in [3.05, 3.63) is 64.7 Å². The molecule has 0 unspecified atom stereocenters. The van der Waals surface area contributed by atoms with Gasteiger partial charge in [-0.25, -0.2) is 8.42 Å². The first-order chi connectivity index (χ1) is 10.2. The van der Waals surface area contributed by atoms with Crippen molar-refractivity contribution in [2.75, 3.05) is 11.6 Å². The average molecular weight is 317 g/mol. The van der Waals surface area contributed by atoms with Gasteiger partial charge < -0.3 is 5.32 Å². The molecule has 22 heavy (non-hydrogen) atoms. The van der Waals surface area contributed by atoms with Crippen LogP contribution in [0.1, 0.15) is 27.0 Å². The predicted molar refractivity (Wildman–Crippen MR) is 88.9 cm³/mol. The second kappa shape index (κ2) is 6.32. The summed E-state index contributed by atoms with van der Waals surface area (Å²) in [7, 11) is -3.07. The highest BCUT2D eigenvalue weighted by molar-refractivity contribution is 7.89. The lowest BCUT2D eigenvalue weighted by Crippen LogP contribution is -2.12. The fourth-order valence-electron chi connectivity index (χ4n) is 2.31. The number of benzene rings is 2. The molecule has 0 fully saturated rings. The molecule has 1 amide bonds. The lowest BCUT2D eigenvalue weighted by atomic mass is 10.1. The Kier molecular flexibility index (Phi) is 4.66. The molecular formula is C17H19NO3S. The Hall–Kier alpha value is -2.14. The minimum Gasteiger partial charge on any atom is -0.322 e. The van der Waals surface area contributed by atoms with Gasteiger partial charge in [0.05, 0.1) is 5.75 Å². The number of amides is 1. The molecular weight excluding hydrogens is 298 g/mol. The van der Waals surface area contributed by atoms with Crippen molar-refractivity contribution < 1.29 is 13.2 Å². The highest BCUT2D eigenvalue weighted by Gasteiger charge is 2.09. The molecule has 0 spiro atoms. The van der Waals surface area contributed by atoms with Gasteiger partial charge in [-0.2, -0.15) is 0 Å². The molecule has 0 aliphatic heterocycles. The van der Waals surface area contributed by atoms with Crippen molar-refractivity contribution in [3.8, 4) is 0 Å².